The average molecular weight is 324 g/mol. The van der Waals surface area contributed by atoms with E-state index in [1.165, 1.54) is 35.1 Å². The summed E-state index contributed by atoms with van der Waals surface area (Å²) in [6.45, 7) is 1.06. The number of benzene rings is 2. The maximum atomic E-state index is 3.50. The predicted molar refractivity (Wildman–Crippen MR) is 87.8 cm³/mol. The minimum absolute atomic E-state index is 1.06. The first-order valence-corrected chi connectivity index (χ1v) is 8.40. The molecule has 0 heterocycles. The first-order valence-electron chi connectivity index (χ1n) is 6.22. The molecule has 0 aliphatic rings. The summed E-state index contributed by atoms with van der Waals surface area (Å²) in [6, 6.07) is 12.9. The quantitative estimate of drug-likeness (QED) is 0.737. The minimum atomic E-state index is 1.06. The molecule has 0 unspecified atom stereocenters. The van der Waals surface area contributed by atoms with E-state index in [1.807, 2.05) is 11.8 Å². The topological polar surface area (TPSA) is 12.0 Å². The number of hydrogen-bond donors (Lipinski definition) is 1. The van der Waals surface area contributed by atoms with Crippen molar-refractivity contribution in [1.82, 2.24) is 0 Å². The molecule has 1 N–H and O–H groups in total. The molecule has 0 spiro atoms. The zero-order chi connectivity index (χ0) is 12.8. The first-order chi connectivity index (χ1) is 8.79. The fourth-order valence-corrected chi connectivity index (χ4v) is 2.80. The zero-order valence-electron chi connectivity index (χ0n) is 10.6. The van der Waals surface area contributed by atoms with Gasteiger partial charge in [-0.15, -0.1) is 0 Å². The maximum absolute atomic E-state index is 3.50. The van der Waals surface area contributed by atoms with Crippen LogP contribution in [-0.2, 0) is 0 Å². The molecular weight excluding hydrogens is 306 g/mol. The molecule has 2 aromatic carbocycles. The highest BCUT2D eigenvalue weighted by atomic mass is 79.9. The van der Waals surface area contributed by atoms with Gasteiger partial charge in [-0.1, -0.05) is 28.1 Å². The van der Waals surface area contributed by atoms with Crippen molar-refractivity contribution in [3.8, 4) is 0 Å². The van der Waals surface area contributed by atoms with Crippen LogP contribution in [0.5, 0.6) is 0 Å². The van der Waals surface area contributed by atoms with Crippen LogP contribution in [0, 0.1) is 0 Å². The first kappa shape index (κ1) is 13.8. The Morgan fingerprint density at radius 3 is 2.67 bits per heavy atom. The number of anilines is 1. The number of rotatable bonds is 6. The Balaban J connectivity index is 1.95. The Labute approximate surface area is 121 Å². The van der Waals surface area contributed by atoms with E-state index in [9.17, 15) is 0 Å². The summed E-state index contributed by atoms with van der Waals surface area (Å²) < 4.78 is 1.13. The second-order valence-corrected chi connectivity index (χ2v) is 6.23. The van der Waals surface area contributed by atoms with Gasteiger partial charge < -0.3 is 5.32 Å². The molecule has 0 atom stereocenters. The number of unbranched alkanes of at least 4 members (excludes halogenated alkanes) is 1. The van der Waals surface area contributed by atoms with Gasteiger partial charge in [-0.3, -0.25) is 0 Å². The van der Waals surface area contributed by atoms with Crippen molar-refractivity contribution < 1.29 is 0 Å². The van der Waals surface area contributed by atoms with Crippen molar-refractivity contribution in [2.75, 3.05) is 23.9 Å². The van der Waals surface area contributed by atoms with Gasteiger partial charge >= 0.3 is 0 Å². The van der Waals surface area contributed by atoms with Gasteiger partial charge in [0.15, 0.2) is 0 Å². The van der Waals surface area contributed by atoms with Crippen molar-refractivity contribution in [2.45, 2.75) is 12.8 Å². The summed E-state index contributed by atoms with van der Waals surface area (Å²) in [6.07, 6.45) is 4.68. The van der Waals surface area contributed by atoms with E-state index in [0.29, 0.717) is 0 Å². The number of fused-ring (bicyclic) bond motifs is 1. The average Bonchev–Trinajstić information content (AvgIpc) is 2.38. The van der Waals surface area contributed by atoms with Gasteiger partial charge in [-0.2, -0.15) is 11.8 Å². The van der Waals surface area contributed by atoms with Crippen LogP contribution in [-0.4, -0.2) is 18.6 Å². The number of nitrogens with one attached hydrogen (secondary N) is 1. The normalized spacial score (nSPS) is 10.8. The lowest BCUT2D eigenvalue weighted by molar-refractivity contribution is 0.843. The molecule has 0 aliphatic heterocycles. The van der Waals surface area contributed by atoms with E-state index in [-0.39, 0.29) is 0 Å². The van der Waals surface area contributed by atoms with Crippen LogP contribution in [0.4, 0.5) is 5.69 Å². The van der Waals surface area contributed by atoms with Crippen LogP contribution in [0.15, 0.2) is 40.9 Å². The van der Waals surface area contributed by atoms with Crippen molar-refractivity contribution in [2.24, 2.45) is 0 Å². The summed E-state index contributed by atoms with van der Waals surface area (Å²) in [7, 11) is 0. The number of thioether (sulfide) groups is 1. The van der Waals surface area contributed by atoms with Crippen LogP contribution < -0.4 is 5.32 Å². The Morgan fingerprint density at radius 2 is 1.83 bits per heavy atom. The van der Waals surface area contributed by atoms with E-state index >= 15 is 0 Å². The molecular formula is C15H18BrNS. The standard InChI is InChI=1S/C15H18BrNS/c1-18-9-3-2-8-17-15-7-5-12-10-14(16)6-4-13(12)11-15/h4-7,10-11,17H,2-3,8-9H2,1H3. The summed E-state index contributed by atoms with van der Waals surface area (Å²) in [5, 5.41) is 6.05. The lowest BCUT2D eigenvalue weighted by Crippen LogP contribution is -2.01. The van der Waals surface area contributed by atoms with Crippen molar-refractivity contribution in [1.29, 1.82) is 0 Å². The number of halogens is 1. The summed E-state index contributed by atoms with van der Waals surface area (Å²) in [5.74, 6) is 1.26. The van der Waals surface area contributed by atoms with E-state index in [4.69, 9.17) is 0 Å². The summed E-state index contributed by atoms with van der Waals surface area (Å²) >= 11 is 5.42. The molecule has 1 nitrogen and oxygen atoms in total. The lowest BCUT2D eigenvalue weighted by atomic mass is 10.1. The molecule has 0 aromatic heterocycles. The van der Waals surface area contributed by atoms with Gasteiger partial charge in [0.1, 0.15) is 0 Å². The van der Waals surface area contributed by atoms with Crippen LogP contribution in [0.3, 0.4) is 0 Å². The van der Waals surface area contributed by atoms with Gasteiger partial charge in [0.2, 0.25) is 0 Å². The maximum Gasteiger partial charge on any atom is 0.0346 e. The Bertz CT molecular complexity index is 513. The Kier molecular flexibility index (Phi) is 5.39. The molecule has 0 saturated carbocycles. The van der Waals surface area contributed by atoms with Crippen LogP contribution in [0.1, 0.15) is 12.8 Å². The van der Waals surface area contributed by atoms with E-state index < -0.39 is 0 Å². The molecule has 0 fully saturated rings. The smallest absolute Gasteiger partial charge is 0.0346 e. The highest BCUT2D eigenvalue weighted by molar-refractivity contribution is 9.10. The van der Waals surface area contributed by atoms with Crippen LogP contribution in [0.25, 0.3) is 10.8 Å². The Morgan fingerprint density at radius 1 is 1.06 bits per heavy atom. The summed E-state index contributed by atoms with van der Waals surface area (Å²) in [5.41, 5.74) is 1.22. The van der Waals surface area contributed by atoms with E-state index in [0.717, 1.165) is 11.0 Å². The molecule has 96 valence electrons. The predicted octanol–water partition coefficient (Wildman–Crippen LogP) is 5.16. The Hall–Kier alpha value is -0.670. The SMILES string of the molecule is CSCCCCNc1ccc2cc(Br)ccc2c1. The molecule has 0 saturated heterocycles. The third kappa shape index (κ3) is 3.92. The van der Waals surface area contributed by atoms with Crippen LogP contribution >= 0.6 is 27.7 Å². The molecule has 0 amide bonds. The third-order valence-electron chi connectivity index (χ3n) is 2.91. The van der Waals surface area contributed by atoms with Gasteiger partial charge in [0.25, 0.3) is 0 Å². The molecule has 18 heavy (non-hydrogen) atoms. The summed E-state index contributed by atoms with van der Waals surface area (Å²) in [4.78, 5) is 0. The second-order valence-electron chi connectivity index (χ2n) is 4.33. The zero-order valence-corrected chi connectivity index (χ0v) is 13.0. The van der Waals surface area contributed by atoms with Crippen molar-refractivity contribution in [3.63, 3.8) is 0 Å². The van der Waals surface area contributed by atoms with Gasteiger partial charge in [0.05, 0.1) is 0 Å². The van der Waals surface area contributed by atoms with Crippen molar-refractivity contribution in [3.05, 3.63) is 40.9 Å². The van der Waals surface area contributed by atoms with E-state index in [2.05, 4.69) is 63.9 Å². The van der Waals surface area contributed by atoms with Gasteiger partial charge in [-0.25, -0.2) is 0 Å². The van der Waals surface area contributed by atoms with E-state index in [1.54, 1.807) is 0 Å². The molecule has 0 radical (unpaired) electrons. The minimum Gasteiger partial charge on any atom is -0.385 e. The molecule has 0 aliphatic carbocycles. The molecule has 2 rings (SSSR count). The molecule has 0 bridgehead atoms. The molecule has 2 aromatic rings. The van der Waals surface area contributed by atoms with Gasteiger partial charge in [-0.05, 0) is 59.9 Å². The van der Waals surface area contributed by atoms with Gasteiger partial charge in [0, 0.05) is 16.7 Å². The van der Waals surface area contributed by atoms with Crippen molar-refractivity contribution >= 4 is 44.2 Å². The fraction of sp³-hybridized carbons (Fsp3) is 0.333. The fourth-order valence-electron chi connectivity index (χ4n) is 1.93. The number of hydrogen-bond acceptors (Lipinski definition) is 2. The molecule has 3 heteroatoms. The second kappa shape index (κ2) is 7.05. The monoisotopic (exact) mass is 323 g/mol. The highest BCUT2D eigenvalue weighted by Gasteiger charge is 1.97. The van der Waals surface area contributed by atoms with Crippen LogP contribution in [0.2, 0.25) is 0 Å². The largest absolute Gasteiger partial charge is 0.385 e. The third-order valence-corrected chi connectivity index (χ3v) is 4.10. The highest BCUT2D eigenvalue weighted by Crippen LogP contribution is 2.22. The lowest BCUT2D eigenvalue weighted by Gasteiger charge is -2.07.